The van der Waals surface area contributed by atoms with Gasteiger partial charge >= 0.3 is 0 Å². The Hall–Kier alpha value is -3.60. The molecule has 1 aliphatic carbocycles. The predicted octanol–water partition coefficient (Wildman–Crippen LogP) is 3.84. The SMILES string of the molecule is C/C=C(/Cc1cn(C2=CC(=O)c3ccccc3C2=O)nn1)c1ccccc1. The van der Waals surface area contributed by atoms with Crippen LogP contribution in [0.5, 0.6) is 0 Å². The van der Waals surface area contributed by atoms with Crippen LogP contribution in [0.2, 0.25) is 0 Å². The minimum Gasteiger partial charge on any atom is -0.289 e. The highest BCUT2D eigenvalue weighted by molar-refractivity contribution is 6.35. The molecule has 0 amide bonds. The summed E-state index contributed by atoms with van der Waals surface area (Å²) < 4.78 is 1.39. The third kappa shape index (κ3) is 3.15. The fourth-order valence-corrected chi connectivity index (χ4v) is 3.19. The largest absolute Gasteiger partial charge is 0.289 e. The molecule has 0 saturated carbocycles. The highest BCUT2D eigenvalue weighted by atomic mass is 16.1. The van der Waals surface area contributed by atoms with Crippen molar-refractivity contribution in [2.75, 3.05) is 0 Å². The lowest BCUT2D eigenvalue weighted by Gasteiger charge is -2.14. The number of hydrogen-bond donors (Lipinski definition) is 0. The Bertz CT molecular complexity index is 1090. The van der Waals surface area contributed by atoms with Crippen LogP contribution in [0.15, 0.2) is 72.9 Å². The van der Waals surface area contributed by atoms with Crippen molar-refractivity contribution in [1.29, 1.82) is 0 Å². The first-order chi connectivity index (χ1) is 13.2. The van der Waals surface area contributed by atoms with Crippen molar-refractivity contribution in [3.05, 3.63) is 95.3 Å². The molecule has 0 saturated heterocycles. The Balaban J connectivity index is 1.62. The molecule has 3 aromatic rings. The second kappa shape index (κ2) is 6.96. The number of nitrogens with zero attached hydrogens (tertiary/aromatic N) is 3. The predicted molar refractivity (Wildman–Crippen MR) is 103 cm³/mol. The Labute approximate surface area is 156 Å². The summed E-state index contributed by atoms with van der Waals surface area (Å²) in [5.74, 6) is -0.424. The zero-order valence-corrected chi connectivity index (χ0v) is 14.8. The number of carbonyl (C=O) groups excluding carboxylic acids is 2. The number of allylic oxidation sites excluding steroid dienone is 4. The maximum Gasteiger partial charge on any atom is 0.212 e. The molecule has 0 spiro atoms. The molecular formula is C22H17N3O2. The van der Waals surface area contributed by atoms with Gasteiger partial charge in [-0.2, -0.15) is 0 Å². The van der Waals surface area contributed by atoms with Gasteiger partial charge in [-0.1, -0.05) is 65.9 Å². The normalized spacial score (nSPS) is 14.1. The van der Waals surface area contributed by atoms with Gasteiger partial charge in [0.25, 0.3) is 0 Å². The van der Waals surface area contributed by atoms with E-state index in [4.69, 9.17) is 0 Å². The van der Waals surface area contributed by atoms with Crippen molar-refractivity contribution in [2.24, 2.45) is 0 Å². The first-order valence-corrected chi connectivity index (χ1v) is 8.69. The van der Waals surface area contributed by atoms with Crippen LogP contribution in [0.25, 0.3) is 11.3 Å². The molecule has 0 unspecified atom stereocenters. The number of benzene rings is 2. The minimum absolute atomic E-state index is 0.198. The smallest absolute Gasteiger partial charge is 0.212 e. The van der Waals surface area contributed by atoms with Crippen molar-refractivity contribution in [3.63, 3.8) is 0 Å². The van der Waals surface area contributed by atoms with Crippen molar-refractivity contribution in [1.82, 2.24) is 15.0 Å². The molecule has 1 heterocycles. The molecule has 0 radical (unpaired) electrons. The van der Waals surface area contributed by atoms with E-state index >= 15 is 0 Å². The second-order valence-corrected chi connectivity index (χ2v) is 6.28. The molecule has 0 N–H and O–H groups in total. The summed E-state index contributed by atoms with van der Waals surface area (Å²) in [6.45, 7) is 1.98. The first-order valence-electron chi connectivity index (χ1n) is 8.69. The van der Waals surface area contributed by atoms with Gasteiger partial charge in [0.05, 0.1) is 11.9 Å². The summed E-state index contributed by atoms with van der Waals surface area (Å²) in [4.78, 5) is 25.1. The van der Waals surface area contributed by atoms with E-state index in [1.54, 1.807) is 30.5 Å². The zero-order valence-electron chi connectivity index (χ0n) is 14.8. The molecule has 0 atom stereocenters. The highest BCUT2D eigenvalue weighted by Crippen LogP contribution is 2.24. The topological polar surface area (TPSA) is 64.8 Å². The van der Waals surface area contributed by atoms with E-state index in [2.05, 4.69) is 10.3 Å². The average molecular weight is 355 g/mol. The van der Waals surface area contributed by atoms with E-state index in [1.807, 2.05) is 43.3 Å². The lowest BCUT2D eigenvalue weighted by molar-refractivity contribution is 0.0996. The molecule has 1 aromatic heterocycles. The minimum atomic E-state index is -0.226. The molecule has 132 valence electrons. The van der Waals surface area contributed by atoms with Crippen molar-refractivity contribution in [3.8, 4) is 0 Å². The van der Waals surface area contributed by atoms with E-state index in [1.165, 1.54) is 10.8 Å². The summed E-state index contributed by atoms with van der Waals surface area (Å²) in [7, 11) is 0. The fourth-order valence-electron chi connectivity index (χ4n) is 3.19. The molecule has 27 heavy (non-hydrogen) atoms. The molecule has 0 fully saturated rings. The number of aromatic nitrogens is 3. The van der Waals surface area contributed by atoms with Gasteiger partial charge in [-0.25, -0.2) is 4.68 Å². The van der Waals surface area contributed by atoms with E-state index < -0.39 is 0 Å². The Morgan fingerprint density at radius 1 is 1.00 bits per heavy atom. The summed E-state index contributed by atoms with van der Waals surface area (Å²) in [5.41, 5.74) is 4.01. The van der Waals surface area contributed by atoms with Crippen LogP contribution in [-0.2, 0) is 6.42 Å². The van der Waals surface area contributed by atoms with Crippen molar-refractivity contribution in [2.45, 2.75) is 13.3 Å². The van der Waals surface area contributed by atoms with Crippen molar-refractivity contribution >= 4 is 22.8 Å². The molecule has 1 aliphatic rings. The van der Waals surface area contributed by atoms with Gasteiger partial charge in [-0.3, -0.25) is 9.59 Å². The third-order valence-electron chi connectivity index (χ3n) is 4.59. The molecule has 0 bridgehead atoms. The van der Waals surface area contributed by atoms with E-state index in [-0.39, 0.29) is 17.3 Å². The van der Waals surface area contributed by atoms with Crippen LogP contribution in [0, 0.1) is 0 Å². The maximum absolute atomic E-state index is 12.8. The van der Waals surface area contributed by atoms with Gasteiger partial charge in [0.15, 0.2) is 5.78 Å². The lowest BCUT2D eigenvalue weighted by Crippen LogP contribution is -2.19. The zero-order chi connectivity index (χ0) is 18.8. The number of Topliss-reactive ketones (excluding diaryl/α,β-unsaturated/α-hetero) is 1. The monoisotopic (exact) mass is 355 g/mol. The van der Waals surface area contributed by atoms with Crippen LogP contribution >= 0.6 is 0 Å². The summed E-state index contributed by atoms with van der Waals surface area (Å²) >= 11 is 0. The van der Waals surface area contributed by atoms with E-state index in [0.29, 0.717) is 17.5 Å². The van der Waals surface area contributed by atoms with Gasteiger partial charge in [0, 0.05) is 23.6 Å². The van der Waals surface area contributed by atoms with E-state index in [9.17, 15) is 9.59 Å². The molecular weight excluding hydrogens is 338 g/mol. The molecule has 5 heteroatoms. The van der Waals surface area contributed by atoms with Gasteiger partial charge < -0.3 is 0 Å². The molecule has 0 aliphatic heterocycles. The Kier molecular flexibility index (Phi) is 4.34. The summed E-state index contributed by atoms with van der Waals surface area (Å²) in [5, 5.41) is 8.26. The molecule has 4 rings (SSSR count). The standard InChI is InChI=1S/C22H17N3O2/c1-2-15(16-8-4-3-5-9-16)12-17-14-25(24-23-17)20-13-21(26)18-10-6-7-11-19(18)22(20)27/h2-11,13-14H,12H2,1H3/b15-2-. The highest BCUT2D eigenvalue weighted by Gasteiger charge is 2.27. The Morgan fingerprint density at radius 2 is 1.70 bits per heavy atom. The van der Waals surface area contributed by atoms with Crippen LogP contribution in [0.3, 0.4) is 0 Å². The van der Waals surface area contributed by atoms with Gasteiger partial charge in [-0.05, 0) is 18.1 Å². The fraction of sp³-hybridized carbons (Fsp3) is 0.0909. The van der Waals surface area contributed by atoms with E-state index in [0.717, 1.165) is 16.8 Å². The van der Waals surface area contributed by atoms with Crippen LogP contribution < -0.4 is 0 Å². The lowest BCUT2D eigenvalue weighted by atomic mass is 9.93. The number of carbonyl (C=O) groups is 2. The van der Waals surface area contributed by atoms with Gasteiger partial charge in [0.2, 0.25) is 5.78 Å². The maximum atomic E-state index is 12.8. The number of hydrogen-bond acceptors (Lipinski definition) is 4. The van der Waals surface area contributed by atoms with Crippen LogP contribution in [0.4, 0.5) is 0 Å². The summed E-state index contributed by atoms with van der Waals surface area (Å²) in [6, 6.07) is 16.9. The number of ketones is 2. The quantitative estimate of drug-likeness (QED) is 0.713. The first kappa shape index (κ1) is 16.8. The van der Waals surface area contributed by atoms with Crippen molar-refractivity contribution < 1.29 is 9.59 Å². The Morgan fingerprint density at radius 3 is 2.44 bits per heavy atom. The molecule has 5 nitrogen and oxygen atoms in total. The molecule has 2 aromatic carbocycles. The third-order valence-corrected chi connectivity index (χ3v) is 4.59. The number of rotatable bonds is 4. The van der Waals surface area contributed by atoms with Crippen LogP contribution in [-0.4, -0.2) is 26.6 Å². The van der Waals surface area contributed by atoms with Gasteiger partial charge in [-0.15, -0.1) is 5.10 Å². The van der Waals surface area contributed by atoms with Crippen LogP contribution in [0.1, 0.15) is 38.9 Å². The average Bonchev–Trinajstić information content (AvgIpc) is 3.18. The summed E-state index contributed by atoms with van der Waals surface area (Å²) in [6.07, 6.45) is 5.67. The second-order valence-electron chi connectivity index (χ2n) is 6.28. The van der Waals surface area contributed by atoms with Gasteiger partial charge in [0.1, 0.15) is 5.70 Å². The number of fused-ring (bicyclic) bond motifs is 1.